The Morgan fingerprint density at radius 2 is 2.64 bits per heavy atom. The van der Waals surface area contributed by atoms with Crippen molar-refractivity contribution in [3.8, 4) is 0 Å². The SMILES string of the molecule is O=C(Nc1nccs1)N1CCC(O)C1. The van der Waals surface area contributed by atoms with Crippen LogP contribution in [0.3, 0.4) is 0 Å². The van der Waals surface area contributed by atoms with E-state index >= 15 is 0 Å². The Balaban J connectivity index is 1.90. The number of hydrogen-bond acceptors (Lipinski definition) is 4. The monoisotopic (exact) mass is 213 g/mol. The summed E-state index contributed by atoms with van der Waals surface area (Å²) in [5.41, 5.74) is 0. The molecule has 1 fully saturated rings. The van der Waals surface area contributed by atoms with Crippen molar-refractivity contribution in [2.45, 2.75) is 12.5 Å². The third kappa shape index (κ3) is 2.02. The highest BCUT2D eigenvalue weighted by molar-refractivity contribution is 7.13. The number of carbonyl (C=O) groups excluding carboxylic acids is 1. The van der Waals surface area contributed by atoms with E-state index in [1.165, 1.54) is 11.3 Å². The molecule has 5 nitrogen and oxygen atoms in total. The maximum atomic E-state index is 11.5. The van der Waals surface area contributed by atoms with Crippen molar-refractivity contribution in [1.82, 2.24) is 9.88 Å². The molecule has 14 heavy (non-hydrogen) atoms. The van der Waals surface area contributed by atoms with Gasteiger partial charge < -0.3 is 10.0 Å². The fourth-order valence-electron chi connectivity index (χ4n) is 1.38. The summed E-state index contributed by atoms with van der Waals surface area (Å²) in [5.74, 6) is 0. The predicted octanol–water partition coefficient (Wildman–Crippen LogP) is 0.742. The molecule has 0 aliphatic carbocycles. The number of amides is 2. The molecule has 76 valence electrons. The van der Waals surface area contributed by atoms with Crippen LogP contribution < -0.4 is 5.32 Å². The van der Waals surface area contributed by atoms with E-state index in [1.54, 1.807) is 16.5 Å². The Hall–Kier alpha value is -1.14. The summed E-state index contributed by atoms with van der Waals surface area (Å²) in [7, 11) is 0. The van der Waals surface area contributed by atoms with E-state index < -0.39 is 0 Å². The van der Waals surface area contributed by atoms with Gasteiger partial charge >= 0.3 is 6.03 Å². The van der Waals surface area contributed by atoms with Crippen LogP contribution in [0, 0.1) is 0 Å². The summed E-state index contributed by atoms with van der Waals surface area (Å²) in [4.78, 5) is 17.1. The van der Waals surface area contributed by atoms with Gasteiger partial charge in [-0.1, -0.05) is 0 Å². The molecule has 0 aromatic carbocycles. The van der Waals surface area contributed by atoms with E-state index in [4.69, 9.17) is 0 Å². The average molecular weight is 213 g/mol. The molecule has 2 heterocycles. The number of nitrogens with one attached hydrogen (secondary N) is 1. The van der Waals surface area contributed by atoms with Crippen LogP contribution in [-0.4, -0.2) is 40.2 Å². The number of hydrogen-bond donors (Lipinski definition) is 2. The number of aromatic nitrogens is 1. The number of carbonyl (C=O) groups is 1. The largest absolute Gasteiger partial charge is 0.391 e. The summed E-state index contributed by atoms with van der Waals surface area (Å²) < 4.78 is 0. The van der Waals surface area contributed by atoms with Gasteiger partial charge in [0, 0.05) is 24.7 Å². The van der Waals surface area contributed by atoms with Crippen LogP contribution in [0.1, 0.15) is 6.42 Å². The number of thiazole rings is 1. The second-order valence-corrected chi connectivity index (χ2v) is 4.05. The lowest BCUT2D eigenvalue weighted by molar-refractivity contribution is 0.176. The molecular formula is C8H11N3O2S. The molecule has 2 amide bonds. The van der Waals surface area contributed by atoms with Gasteiger partial charge in [0.15, 0.2) is 5.13 Å². The van der Waals surface area contributed by atoms with Gasteiger partial charge in [0.25, 0.3) is 0 Å². The van der Waals surface area contributed by atoms with Crippen molar-refractivity contribution in [1.29, 1.82) is 0 Å². The van der Waals surface area contributed by atoms with Crippen molar-refractivity contribution in [3.05, 3.63) is 11.6 Å². The van der Waals surface area contributed by atoms with Crippen LogP contribution in [0.2, 0.25) is 0 Å². The van der Waals surface area contributed by atoms with Gasteiger partial charge in [-0.3, -0.25) is 5.32 Å². The molecule has 0 spiro atoms. The minimum Gasteiger partial charge on any atom is -0.391 e. The van der Waals surface area contributed by atoms with E-state index in [2.05, 4.69) is 10.3 Å². The number of anilines is 1. The normalized spacial score (nSPS) is 21.2. The van der Waals surface area contributed by atoms with Gasteiger partial charge in [0.05, 0.1) is 6.10 Å². The Morgan fingerprint density at radius 1 is 1.79 bits per heavy atom. The minimum absolute atomic E-state index is 0.184. The van der Waals surface area contributed by atoms with Gasteiger partial charge in [-0.25, -0.2) is 9.78 Å². The highest BCUT2D eigenvalue weighted by atomic mass is 32.1. The molecule has 0 saturated carbocycles. The van der Waals surface area contributed by atoms with Crippen molar-refractivity contribution in [2.24, 2.45) is 0 Å². The van der Waals surface area contributed by atoms with Gasteiger partial charge in [-0.05, 0) is 6.42 Å². The molecule has 1 unspecified atom stereocenters. The third-order valence-electron chi connectivity index (χ3n) is 2.10. The molecule has 1 aliphatic heterocycles. The Morgan fingerprint density at radius 3 is 3.21 bits per heavy atom. The zero-order chi connectivity index (χ0) is 9.97. The second kappa shape index (κ2) is 3.93. The van der Waals surface area contributed by atoms with Crippen molar-refractivity contribution in [3.63, 3.8) is 0 Å². The molecule has 1 atom stereocenters. The zero-order valence-electron chi connectivity index (χ0n) is 7.51. The van der Waals surface area contributed by atoms with Crippen molar-refractivity contribution >= 4 is 22.5 Å². The lowest BCUT2D eigenvalue weighted by Crippen LogP contribution is -2.33. The first-order valence-corrected chi connectivity index (χ1v) is 5.27. The van der Waals surface area contributed by atoms with Crippen LogP contribution in [0.15, 0.2) is 11.6 Å². The Labute approximate surface area is 85.4 Å². The topological polar surface area (TPSA) is 65.5 Å². The first-order chi connectivity index (χ1) is 6.75. The van der Waals surface area contributed by atoms with Crippen LogP contribution in [0.25, 0.3) is 0 Å². The molecule has 1 aromatic heterocycles. The lowest BCUT2D eigenvalue weighted by Gasteiger charge is -2.14. The van der Waals surface area contributed by atoms with Gasteiger partial charge in [0.1, 0.15) is 0 Å². The molecule has 0 bridgehead atoms. The third-order valence-corrected chi connectivity index (χ3v) is 2.79. The fraction of sp³-hybridized carbons (Fsp3) is 0.500. The predicted molar refractivity (Wildman–Crippen MR) is 53.3 cm³/mol. The van der Waals surface area contributed by atoms with Crippen molar-refractivity contribution in [2.75, 3.05) is 18.4 Å². The van der Waals surface area contributed by atoms with E-state index in [9.17, 15) is 9.90 Å². The standard InChI is InChI=1S/C8H11N3O2S/c12-6-1-3-11(5-6)8(13)10-7-9-2-4-14-7/h2,4,6,12H,1,3,5H2,(H,9,10,13). The number of aliphatic hydroxyl groups excluding tert-OH is 1. The molecule has 1 saturated heterocycles. The molecule has 2 rings (SSSR count). The molecule has 0 radical (unpaired) electrons. The summed E-state index contributed by atoms with van der Waals surface area (Å²) in [6.07, 6.45) is 1.92. The maximum Gasteiger partial charge on any atom is 0.323 e. The van der Waals surface area contributed by atoms with Crippen molar-refractivity contribution < 1.29 is 9.90 Å². The lowest BCUT2D eigenvalue weighted by atomic mass is 10.3. The van der Waals surface area contributed by atoms with Gasteiger partial charge in [-0.15, -0.1) is 11.3 Å². The highest BCUT2D eigenvalue weighted by Gasteiger charge is 2.24. The summed E-state index contributed by atoms with van der Waals surface area (Å²) in [5, 5.41) is 14.3. The number of rotatable bonds is 1. The number of nitrogens with zero attached hydrogens (tertiary/aromatic N) is 2. The molecule has 1 aromatic rings. The quantitative estimate of drug-likeness (QED) is 0.723. The summed E-state index contributed by atoms with van der Waals surface area (Å²) >= 11 is 1.38. The van der Waals surface area contributed by atoms with E-state index in [0.29, 0.717) is 24.6 Å². The minimum atomic E-state index is -0.378. The van der Waals surface area contributed by atoms with E-state index in [1.807, 2.05) is 0 Å². The summed E-state index contributed by atoms with van der Waals surface area (Å²) in [6, 6.07) is -0.184. The first kappa shape index (κ1) is 9.42. The first-order valence-electron chi connectivity index (χ1n) is 4.39. The number of aliphatic hydroxyl groups is 1. The number of urea groups is 1. The maximum absolute atomic E-state index is 11.5. The average Bonchev–Trinajstić information content (AvgIpc) is 2.75. The Kier molecular flexibility index (Phi) is 2.64. The van der Waals surface area contributed by atoms with Crippen LogP contribution in [0.5, 0.6) is 0 Å². The number of likely N-dealkylation sites (tertiary alicyclic amines) is 1. The molecule has 6 heteroatoms. The van der Waals surface area contributed by atoms with Gasteiger partial charge in [-0.2, -0.15) is 0 Å². The van der Waals surface area contributed by atoms with Crippen LogP contribution in [-0.2, 0) is 0 Å². The fourth-order valence-corrected chi connectivity index (χ4v) is 1.90. The Bertz CT molecular complexity index is 314. The molecular weight excluding hydrogens is 202 g/mol. The summed E-state index contributed by atoms with van der Waals surface area (Å²) in [6.45, 7) is 1.02. The number of β-amino-alcohol motifs (C(OH)–C–C–N with tert-alkyl or cyclic N) is 1. The molecule has 1 aliphatic rings. The van der Waals surface area contributed by atoms with Crippen LogP contribution in [0.4, 0.5) is 9.93 Å². The smallest absolute Gasteiger partial charge is 0.323 e. The highest BCUT2D eigenvalue weighted by Crippen LogP contribution is 2.14. The van der Waals surface area contributed by atoms with Gasteiger partial charge in [0.2, 0.25) is 0 Å². The zero-order valence-corrected chi connectivity index (χ0v) is 8.33. The van der Waals surface area contributed by atoms with E-state index in [-0.39, 0.29) is 12.1 Å². The van der Waals surface area contributed by atoms with Crippen LogP contribution >= 0.6 is 11.3 Å². The molecule has 2 N–H and O–H groups in total. The van der Waals surface area contributed by atoms with E-state index in [0.717, 1.165) is 0 Å². The second-order valence-electron chi connectivity index (χ2n) is 3.16.